The molecule has 0 atom stereocenters. The van der Waals surface area contributed by atoms with Gasteiger partial charge in [-0.05, 0) is 26.0 Å². The molecular weight excluding hydrogens is 277 g/mol. The molecule has 0 aliphatic carbocycles. The number of hydrogen-bond donors (Lipinski definition) is 0. The molecule has 0 heterocycles. The summed E-state index contributed by atoms with van der Waals surface area (Å²) in [6.07, 6.45) is 1.48. The number of rotatable bonds is 7. The minimum atomic E-state index is -3.58. The van der Waals surface area contributed by atoms with E-state index >= 15 is 0 Å². The van der Waals surface area contributed by atoms with E-state index < -0.39 is 7.60 Å². The standard InChI is InChI=1S/C14H18NO4P/c1-4-18-20(16,19-5-2)13(11-15)10-12-8-6-7-9-14(12)17-3/h6-10H,4-5H2,1-3H3/b13-10-. The van der Waals surface area contributed by atoms with Crippen LogP contribution in [0.5, 0.6) is 5.75 Å². The smallest absolute Gasteiger partial charge is 0.371 e. The average Bonchev–Trinajstić information content (AvgIpc) is 2.45. The third-order valence-corrected chi connectivity index (χ3v) is 4.45. The van der Waals surface area contributed by atoms with E-state index in [1.54, 1.807) is 32.0 Å². The predicted molar refractivity (Wildman–Crippen MR) is 77.4 cm³/mol. The molecule has 0 saturated heterocycles. The molecule has 20 heavy (non-hydrogen) atoms. The zero-order chi connectivity index (χ0) is 15.0. The number of ether oxygens (including phenoxy) is 1. The van der Waals surface area contributed by atoms with Gasteiger partial charge >= 0.3 is 7.60 Å². The highest BCUT2D eigenvalue weighted by Gasteiger charge is 2.30. The van der Waals surface area contributed by atoms with E-state index in [0.717, 1.165) is 0 Å². The Morgan fingerprint density at radius 1 is 1.30 bits per heavy atom. The molecule has 0 unspecified atom stereocenters. The van der Waals surface area contributed by atoms with Gasteiger partial charge in [0.15, 0.2) is 0 Å². The van der Waals surface area contributed by atoms with Crippen LogP contribution < -0.4 is 4.74 Å². The molecule has 1 aromatic rings. The van der Waals surface area contributed by atoms with E-state index in [-0.39, 0.29) is 18.5 Å². The summed E-state index contributed by atoms with van der Waals surface area (Å²) < 4.78 is 28.1. The van der Waals surface area contributed by atoms with Crippen LogP contribution in [0, 0.1) is 11.3 Å². The normalized spacial score (nSPS) is 12.0. The van der Waals surface area contributed by atoms with Crippen molar-refractivity contribution < 1.29 is 18.3 Å². The first kappa shape index (κ1) is 16.5. The summed E-state index contributed by atoms with van der Waals surface area (Å²) in [6, 6.07) is 9.04. The van der Waals surface area contributed by atoms with Gasteiger partial charge in [0.25, 0.3) is 0 Å². The Hall–Kier alpha value is -1.60. The Kier molecular flexibility index (Phi) is 6.47. The molecule has 0 aliphatic heterocycles. The van der Waals surface area contributed by atoms with Crippen LogP contribution in [0.3, 0.4) is 0 Å². The maximum atomic E-state index is 12.6. The first-order valence-electron chi connectivity index (χ1n) is 6.25. The number of nitrogens with zero attached hydrogens (tertiary/aromatic N) is 1. The lowest BCUT2D eigenvalue weighted by Gasteiger charge is -2.16. The van der Waals surface area contributed by atoms with Gasteiger partial charge in [0.05, 0.1) is 20.3 Å². The SMILES string of the molecule is CCOP(=O)(OCC)/C(C#N)=C\c1ccccc1OC. The van der Waals surface area contributed by atoms with Crippen molar-refractivity contribution in [2.24, 2.45) is 0 Å². The highest BCUT2D eigenvalue weighted by molar-refractivity contribution is 7.59. The van der Waals surface area contributed by atoms with Crippen molar-refractivity contribution in [2.75, 3.05) is 20.3 Å². The van der Waals surface area contributed by atoms with E-state index in [1.165, 1.54) is 13.2 Å². The summed E-state index contributed by atoms with van der Waals surface area (Å²) in [6.45, 7) is 3.79. The summed E-state index contributed by atoms with van der Waals surface area (Å²) in [4.78, 5) is 0. The lowest BCUT2D eigenvalue weighted by molar-refractivity contribution is 0.227. The minimum absolute atomic E-state index is 0.0364. The lowest BCUT2D eigenvalue weighted by atomic mass is 10.2. The monoisotopic (exact) mass is 295 g/mol. The van der Waals surface area contributed by atoms with Crippen LogP contribution >= 0.6 is 7.60 Å². The molecule has 0 N–H and O–H groups in total. The van der Waals surface area contributed by atoms with Crippen LogP contribution in [0.25, 0.3) is 6.08 Å². The zero-order valence-corrected chi connectivity index (χ0v) is 12.7. The Morgan fingerprint density at radius 2 is 1.90 bits per heavy atom. The fourth-order valence-electron chi connectivity index (χ4n) is 1.62. The van der Waals surface area contributed by atoms with Crippen molar-refractivity contribution in [1.29, 1.82) is 5.26 Å². The van der Waals surface area contributed by atoms with Crippen LogP contribution in [0.1, 0.15) is 19.4 Å². The molecular formula is C14H18NO4P. The van der Waals surface area contributed by atoms with Crippen molar-refractivity contribution in [3.63, 3.8) is 0 Å². The topological polar surface area (TPSA) is 68.5 Å². The molecule has 0 aliphatic rings. The third kappa shape index (κ3) is 3.94. The molecule has 1 rings (SSSR count). The predicted octanol–water partition coefficient (Wildman–Crippen LogP) is 3.83. The van der Waals surface area contributed by atoms with Gasteiger partial charge in [-0.25, -0.2) is 0 Å². The van der Waals surface area contributed by atoms with E-state index in [2.05, 4.69) is 0 Å². The molecule has 0 amide bonds. The molecule has 5 nitrogen and oxygen atoms in total. The Balaban J connectivity index is 3.26. The second-order valence-corrected chi connectivity index (χ2v) is 5.71. The Labute approximate surface area is 119 Å². The molecule has 0 spiro atoms. The molecule has 0 bridgehead atoms. The lowest BCUT2D eigenvalue weighted by Crippen LogP contribution is -1.98. The number of nitriles is 1. The molecule has 108 valence electrons. The summed E-state index contributed by atoms with van der Waals surface area (Å²) in [7, 11) is -2.05. The van der Waals surface area contributed by atoms with Gasteiger partial charge < -0.3 is 13.8 Å². The van der Waals surface area contributed by atoms with Crippen LogP contribution in [0.15, 0.2) is 29.6 Å². The fourth-order valence-corrected chi connectivity index (χ4v) is 3.07. The van der Waals surface area contributed by atoms with Crippen molar-refractivity contribution in [3.8, 4) is 11.8 Å². The van der Waals surface area contributed by atoms with E-state index in [4.69, 9.17) is 13.8 Å². The van der Waals surface area contributed by atoms with Gasteiger partial charge in [0, 0.05) is 5.56 Å². The maximum Gasteiger partial charge on any atom is 0.371 e. The second kappa shape index (κ2) is 7.86. The fraction of sp³-hybridized carbons (Fsp3) is 0.357. The zero-order valence-electron chi connectivity index (χ0n) is 11.8. The molecule has 0 saturated carbocycles. The van der Waals surface area contributed by atoms with Crippen LogP contribution in [-0.2, 0) is 13.6 Å². The number of methoxy groups -OCH3 is 1. The van der Waals surface area contributed by atoms with Gasteiger partial charge in [0.1, 0.15) is 17.1 Å². The van der Waals surface area contributed by atoms with Gasteiger partial charge in [-0.1, -0.05) is 18.2 Å². The molecule has 0 fully saturated rings. The van der Waals surface area contributed by atoms with Gasteiger partial charge in [-0.3, -0.25) is 4.57 Å². The maximum absolute atomic E-state index is 12.6. The molecule has 1 aromatic carbocycles. The van der Waals surface area contributed by atoms with E-state index in [0.29, 0.717) is 11.3 Å². The molecule has 6 heteroatoms. The van der Waals surface area contributed by atoms with Crippen molar-refractivity contribution >= 4 is 13.7 Å². The van der Waals surface area contributed by atoms with E-state index in [1.807, 2.05) is 12.1 Å². The van der Waals surface area contributed by atoms with Crippen molar-refractivity contribution in [3.05, 3.63) is 35.1 Å². The number of benzene rings is 1. The highest BCUT2D eigenvalue weighted by Crippen LogP contribution is 2.56. The van der Waals surface area contributed by atoms with Gasteiger partial charge in [-0.15, -0.1) is 0 Å². The van der Waals surface area contributed by atoms with Crippen molar-refractivity contribution in [2.45, 2.75) is 13.8 Å². The first-order chi connectivity index (χ1) is 9.61. The molecule has 0 radical (unpaired) electrons. The van der Waals surface area contributed by atoms with Gasteiger partial charge in [0.2, 0.25) is 0 Å². The summed E-state index contributed by atoms with van der Waals surface area (Å²) >= 11 is 0. The largest absolute Gasteiger partial charge is 0.496 e. The number of para-hydroxylation sites is 1. The molecule has 0 aromatic heterocycles. The van der Waals surface area contributed by atoms with Crippen LogP contribution in [-0.4, -0.2) is 20.3 Å². The number of hydrogen-bond acceptors (Lipinski definition) is 5. The summed E-state index contributed by atoms with van der Waals surface area (Å²) in [5.74, 6) is 0.583. The number of allylic oxidation sites excluding steroid dienone is 1. The van der Waals surface area contributed by atoms with Crippen LogP contribution in [0.4, 0.5) is 0 Å². The first-order valence-corrected chi connectivity index (χ1v) is 7.80. The highest BCUT2D eigenvalue weighted by atomic mass is 31.2. The Bertz CT molecular complexity index is 553. The van der Waals surface area contributed by atoms with Gasteiger partial charge in [-0.2, -0.15) is 5.26 Å². The average molecular weight is 295 g/mol. The Morgan fingerprint density at radius 3 is 2.40 bits per heavy atom. The van der Waals surface area contributed by atoms with Crippen molar-refractivity contribution in [1.82, 2.24) is 0 Å². The third-order valence-electron chi connectivity index (χ3n) is 2.44. The quantitative estimate of drug-likeness (QED) is 0.565. The summed E-state index contributed by atoms with van der Waals surface area (Å²) in [5, 5.41) is 9.21. The second-order valence-electron chi connectivity index (χ2n) is 3.72. The van der Waals surface area contributed by atoms with Crippen LogP contribution in [0.2, 0.25) is 0 Å². The summed E-state index contributed by atoms with van der Waals surface area (Å²) in [5.41, 5.74) is 0.645. The van der Waals surface area contributed by atoms with E-state index in [9.17, 15) is 9.83 Å². The minimum Gasteiger partial charge on any atom is -0.496 e.